The van der Waals surface area contributed by atoms with E-state index in [-0.39, 0.29) is 23.5 Å². The Morgan fingerprint density at radius 2 is 2.33 bits per heavy atom. The molecular formula is C7H11N3O2. The van der Waals surface area contributed by atoms with Gasteiger partial charge in [0.05, 0.1) is 6.10 Å². The second-order valence-electron chi connectivity index (χ2n) is 2.64. The molecule has 1 rings (SSSR count). The fourth-order valence-corrected chi connectivity index (χ4v) is 0.732. The molecule has 0 saturated heterocycles. The first-order valence-electron chi connectivity index (χ1n) is 3.61. The highest BCUT2D eigenvalue weighted by Gasteiger charge is 2.00. The first kappa shape index (κ1) is 8.58. The van der Waals surface area contributed by atoms with Gasteiger partial charge in [-0.2, -0.15) is 4.98 Å². The number of rotatable bonds is 2. The lowest BCUT2D eigenvalue weighted by Crippen LogP contribution is -2.15. The Kier molecular flexibility index (Phi) is 2.32. The minimum atomic E-state index is -0.307. The summed E-state index contributed by atoms with van der Waals surface area (Å²) >= 11 is 0. The molecule has 0 radical (unpaired) electrons. The highest BCUT2D eigenvalue weighted by atomic mass is 16.5. The quantitative estimate of drug-likeness (QED) is 0.659. The Morgan fingerprint density at radius 3 is 2.83 bits per heavy atom. The van der Waals surface area contributed by atoms with Gasteiger partial charge in [0.2, 0.25) is 0 Å². The average molecular weight is 169 g/mol. The van der Waals surface area contributed by atoms with Crippen molar-refractivity contribution in [3.05, 3.63) is 16.4 Å². The van der Waals surface area contributed by atoms with Gasteiger partial charge >= 0.3 is 0 Å². The number of ether oxygens (including phenoxy) is 1. The van der Waals surface area contributed by atoms with Crippen LogP contribution >= 0.6 is 0 Å². The summed E-state index contributed by atoms with van der Waals surface area (Å²) in [7, 11) is 0. The van der Waals surface area contributed by atoms with Gasteiger partial charge in [0, 0.05) is 6.07 Å². The van der Waals surface area contributed by atoms with E-state index in [2.05, 4.69) is 9.97 Å². The van der Waals surface area contributed by atoms with Gasteiger partial charge in [0.15, 0.2) is 0 Å². The number of aromatic amines is 1. The van der Waals surface area contributed by atoms with Gasteiger partial charge in [-0.05, 0) is 13.8 Å². The summed E-state index contributed by atoms with van der Waals surface area (Å²) in [4.78, 5) is 17.0. The highest BCUT2D eigenvalue weighted by molar-refractivity contribution is 5.26. The zero-order valence-corrected chi connectivity index (χ0v) is 7.00. The van der Waals surface area contributed by atoms with Crippen LogP contribution in [0.15, 0.2) is 10.9 Å². The number of aromatic nitrogens is 2. The number of nitrogens with zero attached hydrogens (tertiary/aromatic N) is 1. The van der Waals surface area contributed by atoms with Crippen LogP contribution in [-0.2, 0) is 0 Å². The molecule has 0 aliphatic rings. The molecule has 12 heavy (non-hydrogen) atoms. The SMILES string of the molecule is CC(C)Oc1nc(N)cc(=O)[nH]1. The van der Waals surface area contributed by atoms with E-state index in [0.717, 1.165) is 0 Å². The predicted molar refractivity (Wildman–Crippen MR) is 45.0 cm³/mol. The Morgan fingerprint density at radius 1 is 1.67 bits per heavy atom. The van der Waals surface area contributed by atoms with Crippen LogP contribution in [0.4, 0.5) is 5.82 Å². The minimum absolute atomic E-state index is 0.0325. The molecular weight excluding hydrogens is 158 g/mol. The minimum Gasteiger partial charge on any atom is -0.462 e. The van der Waals surface area contributed by atoms with Crippen molar-refractivity contribution in [1.29, 1.82) is 0 Å². The number of hydrogen-bond donors (Lipinski definition) is 2. The van der Waals surface area contributed by atoms with E-state index in [9.17, 15) is 4.79 Å². The summed E-state index contributed by atoms with van der Waals surface area (Å²) < 4.78 is 5.13. The zero-order chi connectivity index (χ0) is 9.14. The summed E-state index contributed by atoms with van der Waals surface area (Å²) in [5.74, 6) is 0.161. The Balaban J connectivity index is 2.93. The molecule has 1 heterocycles. The average Bonchev–Trinajstić information content (AvgIpc) is 1.81. The van der Waals surface area contributed by atoms with E-state index in [1.165, 1.54) is 6.07 Å². The van der Waals surface area contributed by atoms with Crippen LogP contribution in [0, 0.1) is 0 Å². The fourth-order valence-electron chi connectivity index (χ4n) is 0.732. The molecule has 0 saturated carbocycles. The first-order valence-corrected chi connectivity index (χ1v) is 3.61. The number of anilines is 1. The van der Waals surface area contributed by atoms with E-state index >= 15 is 0 Å². The van der Waals surface area contributed by atoms with Crippen LogP contribution in [-0.4, -0.2) is 16.1 Å². The molecule has 0 fully saturated rings. The number of nitrogen functional groups attached to an aromatic ring is 1. The molecule has 0 amide bonds. The predicted octanol–water partition coefficient (Wildman–Crippen LogP) is 0.139. The summed E-state index contributed by atoms with van der Waals surface area (Å²) in [6.45, 7) is 3.67. The molecule has 0 aliphatic heterocycles. The van der Waals surface area contributed by atoms with Gasteiger partial charge in [-0.1, -0.05) is 0 Å². The standard InChI is InChI=1S/C7H11N3O2/c1-4(2)12-7-9-5(8)3-6(11)10-7/h3-4H,1-2H3,(H3,8,9,10,11). The summed E-state index contributed by atoms with van der Waals surface area (Å²) in [5, 5.41) is 0. The molecule has 0 spiro atoms. The third-order valence-electron chi connectivity index (χ3n) is 1.09. The maximum atomic E-state index is 10.8. The van der Waals surface area contributed by atoms with Crippen molar-refractivity contribution in [2.75, 3.05) is 5.73 Å². The molecule has 0 aromatic carbocycles. The van der Waals surface area contributed by atoms with Crippen LogP contribution < -0.4 is 16.0 Å². The number of H-pyrrole nitrogens is 1. The van der Waals surface area contributed by atoms with Crippen molar-refractivity contribution in [1.82, 2.24) is 9.97 Å². The van der Waals surface area contributed by atoms with Crippen LogP contribution in [0.2, 0.25) is 0 Å². The third-order valence-corrected chi connectivity index (χ3v) is 1.09. The second kappa shape index (κ2) is 3.25. The topological polar surface area (TPSA) is 81.0 Å². The lowest BCUT2D eigenvalue weighted by atomic mass is 10.5. The van der Waals surface area contributed by atoms with Crippen molar-refractivity contribution in [2.45, 2.75) is 20.0 Å². The van der Waals surface area contributed by atoms with E-state index in [1.54, 1.807) is 0 Å². The van der Waals surface area contributed by atoms with Crippen molar-refractivity contribution in [2.24, 2.45) is 0 Å². The maximum absolute atomic E-state index is 10.8. The third kappa shape index (κ3) is 2.26. The van der Waals surface area contributed by atoms with E-state index in [1.807, 2.05) is 13.8 Å². The molecule has 0 atom stereocenters. The van der Waals surface area contributed by atoms with Gasteiger partial charge in [0.25, 0.3) is 11.6 Å². The molecule has 0 bridgehead atoms. The first-order chi connectivity index (χ1) is 5.58. The molecule has 1 aromatic rings. The van der Waals surface area contributed by atoms with E-state index < -0.39 is 0 Å². The summed E-state index contributed by atoms with van der Waals surface area (Å²) in [6.07, 6.45) is -0.0325. The normalized spacial score (nSPS) is 10.2. The molecule has 66 valence electrons. The second-order valence-corrected chi connectivity index (χ2v) is 2.64. The van der Waals surface area contributed by atoms with Crippen LogP contribution in [0.5, 0.6) is 6.01 Å². The lowest BCUT2D eigenvalue weighted by Gasteiger charge is -2.07. The monoisotopic (exact) mass is 169 g/mol. The molecule has 1 aromatic heterocycles. The molecule has 5 nitrogen and oxygen atoms in total. The van der Waals surface area contributed by atoms with Gasteiger partial charge in [0.1, 0.15) is 5.82 Å². The van der Waals surface area contributed by atoms with Gasteiger partial charge in [-0.25, -0.2) is 0 Å². The molecule has 5 heteroatoms. The van der Waals surface area contributed by atoms with Crippen LogP contribution in [0.25, 0.3) is 0 Å². The Labute approximate surface area is 69.6 Å². The van der Waals surface area contributed by atoms with E-state index in [0.29, 0.717) is 0 Å². The number of nitrogens with two attached hydrogens (primary N) is 1. The molecule has 3 N–H and O–H groups in total. The Hall–Kier alpha value is -1.52. The summed E-state index contributed by atoms with van der Waals surface area (Å²) in [5.41, 5.74) is 5.02. The molecule has 0 unspecified atom stereocenters. The lowest BCUT2D eigenvalue weighted by molar-refractivity contribution is 0.222. The van der Waals surface area contributed by atoms with Crippen molar-refractivity contribution >= 4 is 5.82 Å². The smallest absolute Gasteiger partial charge is 0.298 e. The largest absolute Gasteiger partial charge is 0.462 e. The van der Waals surface area contributed by atoms with E-state index in [4.69, 9.17) is 10.5 Å². The van der Waals surface area contributed by atoms with Gasteiger partial charge in [-0.3, -0.25) is 9.78 Å². The summed E-state index contributed by atoms with van der Waals surface area (Å²) in [6, 6.07) is 1.36. The van der Waals surface area contributed by atoms with Gasteiger partial charge < -0.3 is 10.5 Å². The Bertz CT molecular complexity index is 319. The maximum Gasteiger partial charge on any atom is 0.298 e. The van der Waals surface area contributed by atoms with Crippen LogP contribution in [0.3, 0.4) is 0 Å². The molecule has 0 aliphatic carbocycles. The van der Waals surface area contributed by atoms with Crippen LogP contribution in [0.1, 0.15) is 13.8 Å². The van der Waals surface area contributed by atoms with Gasteiger partial charge in [-0.15, -0.1) is 0 Å². The van der Waals surface area contributed by atoms with Crippen molar-refractivity contribution in [3.63, 3.8) is 0 Å². The highest BCUT2D eigenvalue weighted by Crippen LogP contribution is 2.02. The zero-order valence-electron chi connectivity index (χ0n) is 7.00. The van der Waals surface area contributed by atoms with Crippen molar-refractivity contribution in [3.8, 4) is 6.01 Å². The number of hydrogen-bond acceptors (Lipinski definition) is 4. The fraction of sp³-hybridized carbons (Fsp3) is 0.429. The number of nitrogens with one attached hydrogen (secondary N) is 1. The van der Waals surface area contributed by atoms with Crippen molar-refractivity contribution < 1.29 is 4.74 Å².